The van der Waals surface area contributed by atoms with E-state index in [-0.39, 0.29) is 85.3 Å². The first-order valence-electron chi connectivity index (χ1n) is 21.1. The highest BCUT2D eigenvalue weighted by atomic mass is 28.4. The Hall–Kier alpha value is -5.03. The van der Waals surface area contributed by atoms with Gasteiger partial charge in [-0.15, -0.1) is 0 Å². The van der Waals surface area contributed by atoms with Crippen LogP contribution in [0.3, 0.4) is 0 Å². The van der Waals surface area contributed by atoms with E-state index in [1.807, 2.05) is 111 Å². The van der Waals surface area contributed by atoms with Crippen LogP contribution in [-0.2, 0) is 27.2 Å². The number of aliphatic hydroxyl groups excluding tert-OH is 1. The molecule has 336 valence electrons. The minimum atomic E-state index is -2.53. The number of ketones is 3. The number of aliphatic hydroxyl groups is 1. The highest BCUT2D eigenvalue weighted by molar-refractivity contribution is 6.74. The van der Waals surface area contributed by atoms with Crippen molar-refractivity contribution in [3.05, 3.63) is 118 Å². The molecular weight excluding hydrogens is 821 g/mol. The normalized spacial score (nSPS) is 26.9. The first-order chi connectivity index (χ1) is 29.5. The monoisotopic (exact) mass is 880 g/mol. The van der Waals surface area contributed by atoms with E-state index in [0.29, 0.717) is 35.5 Å². The van der Waals surface area contributed by atoms with Crippen molar-refractivity contribution in [2.45, 2.75) is 102 Å². The van der Waals surface area contributed by atoms with E-state index >= 15 is 0 Å². The van der Waals surface area contributed by atoms with E-state index in [4.69, 9.17) is 27.7 Å². The fraction of sp³-hybridized carbons (Fsp3) is 0.479. The van der Waals surface area contributed by atoms with Gasteiger partial charge >= 0.3 is 0 Å². The van der Waals surface area contributed by atoms with Gasteiger partial charge in [-0.3, -0.25) is 24.2 Å². The SMILES string of the molecule is C.CN(C)[C@@H]1c2onc(OCc3ccccc3)c2C(=O)[C@@]2(O[Si](C)(C)C(C)(C)C)C(=O)C=CC[C@@H]12.CN(C)[C@@H]1c2onc(OCc3ccccc3)c2C(=O)[C@@]23O[C@@H](C=C2CO)C[C@@H]13. The molecule has 2 aliphatic heterocycles. The van der Waals surface area contributed by atoms with Gasteiger partial charge in [-0.05, 0) is 92.3 Å². The summed E-state index contributed by atoms with van der Waals surface area (Å²) in [5.74, 6) is -0.272. The van der Waals surface area contributed by atoms with E-state index in [1.165, 1.54) is 6.08 Å². The first kappa shape index (κ1) is 46.0. The van der Waals surface area contributed by atoms with Crippen LogP contribution in [0.15, 0.2) is 93.5 Å². The second kappa shape index (κ2) is 17.2. The molecule has 7 atom stereocenters. The molecule has 3 aliphatic carbocycles. The van der Waals surface area contributed by atoms with Gasteiger partial charge in [0.05, 0.1) is 24.8 Å². The molecule has 5 aliphatic rings. The van der Waals surface area contributed by atoms with E-state index < -0.39 is 31.2 Å². The van der Waals surface area contributed by atoms with Crippen LogP contribution in [0.4, 0.5) is 0 Å². The van der Waals surface area contributed by atoms with Crippen molar-refractivity contribution in [2.75, 3.05) is 34.8 Å². The molecule has 0 unspecified atom stereocenters. The summed E-state index contributed by atoms with van der Waals surface area (Å²) in [5.41, 5.74) is 0.297. The maximum atomic E-state index is 14.3. The maximum Gasteiger partial charge on any atom is 0.265 e. The number of allylic oxidation sites excluding steroid dienone is 1. The van der Waals surface area contributed by atoms with Gasteiger partial charge in [0.15, 0.2) is 36.8 Å². The molecule has 1 spiro atoms. The Morgan fingerprint density at radius 3 is 1.79 bits per heavy atom. The fourth-order valence-electron chi connectivity index (χ4n) is 9.57. The molecule has 0 radical (unpaired) electrons. The summed E-state index contributed by atoms with van der Waals surface area (Å²) in [6.45, 7) is 10.7. The summed E-state index contributed by atoms with van der Waals surface area (Å²) < 4.78 is 36.2. The molecular formula is C48H60N4O10Si. The molecule has 0 amide bonds. The number of rotatable bonds is 11. The molecule has 2 aromatic carbocycles. The Balaban J connectivity index is 0.000000189. The predicted molar refractivity (Wildman–Crippen MR) is 237 cm³/mol. The molecule has 1 saturated heterocycles. The molecule has 0 saturated carbocycles. The standard InChI is InChI=1S/C26H34N2O5Si.C21H22N2O5.CH4/c1-25(2,3)34(6,7)33-26-18(14-11-15-19(26)29)21(28(4)5)22-20(23(26)30)24(27-32-22)31-16-17-12-9-8-10-13-17;1-23(2)17-15-9-14-8-13(10-24)21(15,27-14)19(25)16-18(17)28-22-20(16)26-11-12-6-4-3-5-7-12;/h8-13,15,18,21H,14,16H2,1-7H3;3-8,14-15,17,24H,9-11H2,1-2H3;1H4/t18-,21-,26-;14-,15-,17-,21+;/m00./s1. The lowest BCUT2D eigenvalue weighted by Gasteiger charge is -2.51. The summed E-state index contributed by atoms with van der Waals surface area (Å²) >= 11 is 0. The van der Waals surface area contributed by atoms with Crippen molar-refractivity contribution in [1.29, 1.82) is 0 Å². The van der Waals surface area contributed by atoms with Gasteiger partial charge in [0, 0.05) is 11.8 Å². The third-order valence-electron chi connectivity index (χ3n) is 13.5. The fourth-order valence-corrected chi connectivity index (χ4v) is 11.0. The van der Waals surface area contributed by atoms with Gasteiger partial charge < -0.3 is 32.8 Å². The molecule has 15 heteroatoms. The summed E-state index contributed by atoms with van der Waals surface area (Å²) in [5, 5.41) is 17.9. The van der Waals surface area contributed by atoms with Gasteiger partial charge in [-0.25, -0.2) is 0 Å². The van der Waals surface area contributed by atoms with Crippen LogP contribution in [0.25, 0.3) is 0 Å². The van der Waals surface area contributed by atoms with Crippen molar-refractivity contribution in [3.63, 3.8) is 0 Å². The van der Waals surface area contributed by atoms with Crippen LogP contribution in [0.5, 0.6) is 11.8 Å². The largest absolute Gasteiger partial charge is 0.470 e. The van der Waals surface area contributed by atoms with Crippen LogP contribution in [0.2, 0.25) is 18.1 Å². The second-order valence-corrected chi connectivity index (χ2v) is 23.5. The average Bonchev–Trinajstić information content (AvgIpc) is 4.03. The first-order valence-corrected chi connectivity index (χ1v) is 24.0. The molecule has 1 fully saturated rings. The summed E-state index contributed by atoms with van der Waals surface area (Å²) in [6.07, 6.45) is 6.28. The molecule has 2 bridgehead atoms. The number of fused-ring (bicyclic) bond motifs is 4. The number of Topliss-reactive ketones (excluding diaryl/α,β-unsaturated/α-hetero) is 2. The van der Waals surface area contributed by atoms with Crippen molar-refractivity contribution in [2.24, 2.45) is 11.8 Å². The van der Waals surface area contributed by atoms with Crippen LogP contribution >= 0.6 is 0 Å². The quantitative estimate of drug-likeness (QED) is 0.0884. The summed E-state index contributed by atoms with van der Waals surface area (Å²) in [6, 6.07) is 18.8. The number of ether oxygens (including phenoxy) is 3. The van der Waals surface area contributed by atoms with Crippen molar-refractivity contribution in [3.8, 4) is 11.8 Å². The lowest BCUT2D eigenvalue weighted by Crippen LogP contribution is -2.65. The molecule has 4 heterocycles. The van der Waals surface area contributed by atoms with Gasteiger partial charge in [0.1, 0.15) is 24.3 Å². The number of benzene rings is 2. The Morgan fingerprint density at radius 2 is 1.30 bits per heavy atom. The number of hydrogen-bond acceptors (Lipinski definition) is 14. The third-order valence-corrected chi connectivity index (χ3v) is 17.9. The maximum absolute atomic E-state index is 14.3. The zero-order valence-electron chi connectivity index (χ0n) is 36.8. The van der Waals surface area contributed by atoms with Crippen molar-refractivity contribution < 1.29 is 47.2 Å². The molecule has 63 heavy (non-hydrogen) atoms. The van der Waals surface area contributed by atoms with E-state index in [1.54, 1.807) is 0 Å². The number of carbonyl (C=O) groups excluding carboxylic acids is 3. The van der Waals surface area contributed by atoms with Crippen LogP contribution < -0.4 is 9.47 Å². The van der Waals surface area contributed by atoms with Gasteiger partial charge in [0.2, 0.25) is 11.6 Å². The lowest BCUT2D eigenvalue weighted by atomic mass is 9.65. The minimum Gasteiger partial charge on any atom is -0.470 e. The van der Waals surface area contributed by atoms with E-state index in [9.17, 15) is 19.5 Å². The lowest BCUT2D eigenvalue weighted by molar-refractivity contribution is -0.135. The number of hydrogen-bond donors (Lipinski definition) is 1. The van der Waals surface area contributed by atoms with Crippen LogP contribution in [0.1, 0.15) is 96.5 Å². The van der Waals surface area contributed by atoms with Gasteiger partial charge in [-0.2, -0.15) is 0 Å². The van der Waals surface area contributed by atoms with Crippen LogP contribution in [-0.4, -0.2) is 103 Å². The zero-order valence-corrected chi connectivity index (χ0v) is 37.8. The number of nitrogens with zero attached hydrogens (tertiary/aromatic N) is 4. The van der Waals surface area contributed by atoms with E-state index in [2.05, 4.69) is 44.2 Å². The number of carbonyl (C=O) groups is 3. The van der Waals surface area contributed by atoms with E-state index in [0.717, 1.165) is 11.1 Å². The summed E-state index contributed by atoms with van der Waals surface area (Å²) in [4.78, 5) is 45.5. The Labute approximate surface area is 370 Å². The molecule has 4 aromatic rings. The van der Waals surface area contributed by atoms with Crippen molar-refractivity contribution >= 4 is 25.7 Å². The second-order valence-electron chi connectivity index (χ2n) is 18.8. The zero-order chi connectivity index (χ0) is 44.4. The van der Waals surface area contributed by atoms with Crippen LogP contribution in [0, 0.1) is 11.8 Å². The van der Waals surface area contributed by atoms with Gasteiger partial charge in [-0.1, -0.05) is 101 Å². The average molecular weight is 881 g/mol. The predicted octanol–water partition coefficient (Wildman–Crippen LogP) is 7.72. The topological polar surface area (TPSA) is 167 Å². The molecule has 9 rings (SSSR count). The Kier molecular flexibility index (Phi) is 12.5. The molecule has 14 nitrogen and oxygen atoms in total. The Bertz CT molecular complexity index is 2400. The summed E-state index contributed by atoms with van der Waals surface area (Å²) in [7, 11) is 5.18. The van der Waals surface area contributed by atoms with Gasteiger partial charge in [0.25, 0.3) is 11.8 Å². The van der Waals surface area contributed by atoms with Crippen molar-refractivity contribution in [1.82, 2.24) is 20.1 Å². The third kappa shape index (κ3) is 7.55. The highest BCUT2D eigenvalue weighted by Crippen LogP contribution is 2.59. The molecule has 1 N–H and O–H groups in total. The smallest absolute Gasteiger partial charge is 0.265 e. The minimum absolute atomic E-state index is 0. The highest BCUT2D eigenvalue weighted by Gasteiger charge is 2.68. The Morgan fingerprint density at radius 1 is 0.794 bits per heavy atom. The number of aromatic nitrogens is 2. The molecule has 2 aromatic heterocycles.